The number of nitrogens with two attached hydrogens (primary N) is 1. The normalized spacial score (nSPS) is 10.7. The van der Waals surface area contributed by atoms with Crippen LogP contribution in [0.25, 0.3) is 0 Å². The molecule has 0 aliphatic carbocycles. The maximum Gasteiger partial charge on any atom is 0.272 e. The zero-order chi connectivity index (χ0) is 11.3. The Labute approximate surface area is 85.8 Å². The van der Waals surface area contributed by atoms with E-state index in [4.69, 9.17) is 10.5 Å². The third-order valence-electron chi connectivity index (χ3n) is 1.80. The zero-order valence-electron chi connectivity index (χ0n) is 8.05. The lowest BCUT2D eigenvalue weighted by molar-refractivity contribution is 0.0814. The van der Waals surface area contributed by atoms with Gasteiger partial charge in [-0.1, -0.05) is 0 Å². The van der Waals surface area contributed by atoms with Gasteiger partial charge in [0.1, 0.15) is 18.2 Å². The molecule has 0 saturated carbocycles. The first kappa shape index (κ1) is 11.8. The molecule has 0 radical (unpaired) electrons. The highest BCUT2D eigenvalue weighted by atomic mass is 19.3. The Kier molecular flexibility index (Phi) is 4.42. The Morgan fingerprint density at radius 1 is 1.33 bits per heavy atom. The van der Waals surface area contributed by atoms with Crippen molar-refractivity contribution >= 4 is 0 Å². The predicted molar refractivity (Wildman–Crippen MR) is 50.7 cm³/mol. The maximum absolute atomic E-state index is 12.8. The number of hydrogen-bond acceptors (Lipinski definition) is 2. The van der Waals surface area contributed by atoms with Crippen LogP contribution in [0.5, 0.6) is 5.75 Å². The van der Waals surface area contributed by atoms with Crippen molar-refractivity contribution in [3.63, 3.8) is 0 Å². The second-order valence-electron chi connectivity index (χ2n) is 2.99. The van der Waals surface area contributed by atoms with Gasteiger partial charge in [0.25, 0.3) is 6.43 Å². The smallest absolute Gasteiger partial charge is 0.272 e. The molecule has 0 aromatic heterocycles. The summed E-state index contributed by atoms with van der Waals surface area (Å²) >= 11 is 0. The minimum absolute atomic E-state index is 0.266. The number of halogens is 3. The lowest BCUT2D eigenvalue weighted by atomic mass is 10.1. The largest absolute Gasteiger partial charge is 0.487 e. The third kappa shape index (κ3) is 3.79. The highest BCUT2D eigenvalue weighted by Gasteiger charge is 2.08. The summed E-state index contributed by atoms with van der Waals surface area (Å²) in [4.78, 5) is 0. The molecule has 1 aromatic carbocycles. The Morgan fingerprint density at radius 3 is 2.67 bits per heavy atom. The van der Waals surface area contributed by atoms with E-state index in [1.54, 1.807) is 0 Å². The predicted octanol–water partition coefficient (Wildman–Crippen LogP) is 1.97. The van der Waals surface area contributed by atoms with Crippen molar-refractivity contribution in [2.75, 3.05) is 13.2 Å². The van der Waals surface area contributed by atoms with Crippen LogP contribution in [0.3, 0.4) is 0 Å². The van der Waals surface area contributed by atoms with Crippen LogP contribution in [0.15, 0.2) is 18.2 Å². The van der Waals surface area contributed by atoms with E-state index in [2.05, 4.69) is 0 Å². The number of rotatable bonds is 5. The number of ether oxygens (including phenoxy) is 1. The first-order chi connectivity index (χ1) is 7.13. The SMILES string of the molecule is NCCc1cc(F)ccc1OCC(F)F. The van der Waals surface area contributed by atoms with Crippen LogP contribution in [-0.4, -0.2) is 19.6 Å². The summed E-state index contributed by atoms with van der Waals surface area (Å²) in [7, 11) is 0. The van der Waals surface area contributed by atoms with Gasteiger partial charge in [0, 0.05) is 0 Å². The number of alkyl halides is 2. The molecule has 0 aliphatic rings. The second-order valence-corrected chi connectivity index (χ2v) is 2.99. The minimum Gasteiger partial charge on any atom is -0.487 e. The summed E-state index contributed by atoms with van der Waals surface area (Å²) < 4.78 is 41.4. The van der Waals surface area contributed by atoms with E-state index < -0.39 is 18.8 Å². The first-order valence-electron chi connectivity index (χ1n) is 4.53. The van der Waals surface area contributed by atoms with Crippen molar-refractivity contribution in [2.24, 2.45) is 5.73 Å². The molecule has 0 saturated heterocycles. The van der Waals surface area contributed by atoms with Crippen LogP contribution in [0.1, 0.15) is 5.56 Å². The molecule has 0 spiro atoms. The van der Waals surface area contributed by atoms with Gasteiger partial charge in [0.15, 0.2) is 0 Å². The molecule has 0 amide bonds. The summed E-state index contributed by atoms with van der Waals surface area (Å²) in [5, 5.41) is 0. The van der Waals surface area contributed by atoms with Gasteiger partial charge >= 0.3 is 0 Å². The lowest BCUT2D eigenvalue weighted by Gasteiger charge is -2.10. The minimum atomic E-state index is -2.54. The van der Waals surface area contributed by atoms with Crippen molar-refractivity contribution in [2.45, 2.75) is 12.8 Å². The molecule has 5 heteroatoms. The Bertz CT molecular complexity index is 318. The van der Waals surface area contributed by atoms with Gasteiger partial charge in [-0.2, -0.15) is 0 Å². The number of benzene rings is 1. The molecule has 1 aromatic rings. The van der Waals surface area contributed by atoms with Crippen LogP contribution in [0.4, 0.5) is 13.2 Å². The molecule has 0 aliphatic heterocycles. The van der Waals surface area contributed by atoms with E-state index in [-0.39, 0.29) is 5.75 Å². The molecular weight excluding hydrogens is 207 g/mol. The highest BCUT2D eigenvalue weighted by molar-refractivity contribution is 5.34. The summed E-state index contributed by atoms with van der Waals surface area (Å²) in [5.74, 6) is -0.162. The summed E-state index contributed by atoms with van der Waals surface area (Å²) in [6, 6.07) is 3.75. The molecule has 0 bridgehead atoms. The van der Waals surface area contributed by atoms with Gasteiger partial charge in [-0.15, -0.1) is 0 Å². The summed E-state index contributed by atoms with van der Waals surface area (Å²) in [6.45, 7) is -0.377. The van der Waals surface area contributed by atoms with Crippen LogP contribution in [0.2, 0.25) is 0 Å². The molecule has 84 valence electrons. The third-order valence-corrected chi connectivity index (χ3v) is 1.80. The van der Waals surface area contributed by atoms with Crippen molar-refractivity contribution in [3.8, 4) is 5.75 Å². The van der Waals surface area contributed by atoms with E-state index in [0.717, 1.165) is 0 Å². The van der Waals surface area contributed by atoms with E-state index in [9.17, 15) is 13.2 Å². The molecule has 2 nitrogen and oxygen atoms in total. The fourth-order valence-electron chi connectivity index (χ4n) is 1.19. The van der Waals surface area contributed by atoms with Gasteiger partial charge in [0.05, 0.1) is 0 Å². The maximum atomic E-state index is 12.8. The monoisotopic (exact) mass is 219 g/mol. The van der Waals surface area contributed by atoms with E-state index >= 15 is 0 Å². The van der Waals surface area contributed by atoms with Crippen LogP contribution < -0.4 is 10.5 Å². The molecule has 0 atom stereocenters. The average Bonchev–Trinajstić information content (AvgIpc) is 2.17. The highest BCUT2D eigenvalue weighted by Crippen LogP contribution is 2.20. The molecule has 1 rings (SSSR count). The molecule has 0 heterocycles. The molecular formula is C10H12F3NO. The molecule has 0 fully saturated rings. The van der Waals surface area contributed by atoms with Crippen molar-refractivity contribution in [1.82, 2.24) is 0 Å². The second kappa shape index (κ2) is 5.60. The Hall–Kier alpha value is -1.23. The van der Waals surface area contributed by atoms with Crippen molar-refractivity contribution < 1.29 is 17.9 Å². The zero-order valence-corrected chi connectivity index (χ0v) is 8.05. The van der Waals surface area contributed by atoms with Crippen LogP contribution in [0, 0.1) is 5.82 Å². The molecule has 15 heavy (non-hydrogen) atoms. The van der Waals surface area contributed by atoms with Gasteiger partial charge in [0.2, 0.25) is 0 Å². The van der Waals surface area contributed by atoms with Crippen molar-refractivity contribution in [1.29, 1.82) is 0 Å². The van der Waals surface area contributed by atoms with Gasteiger partial charge in [-0.05, 0) is 36.7 Å². The summed E-state index contributed by atoms with van der Waals surface area (Å²) in [5.41, 5.74) is 5.82. The Balaban J connectivity index is 2.76. The quantitative estimate of drug-likeness (QED) is 0.821. The van der Waals surface area contributed by atoms with Gasteiger partial charge in [-0.3, -0.25) is 0 Å². The van der Waals surface area contributed by atoms with E-state index in [0.29, 0.717) is 18.5 Å². The fourth-order valence-corrected chi connectivity index (χ4v) is 1.19. The van der Waals surface area contributed by atoms with Crippen LogP contribution in [-0.2, 0) is 6.42 Å². The Morgan fingerprint density at radius 2 is 2.07 bits per heavy atom. The topological polar surface area (TPSA) is 35.2 Å². The standard InChI is InChI=1S/C10H12F3NO/c11-8-1-2-9(15-6-10(12)13)7(5-8)3-4-14/h1-2,5,10H,3-4,6,14H2. The fraction of sp³-hybridized carbons (Fsp3) is 0.400. The summed E-state index contributed by atoms with van der Waals surface area (Å²) in [6.07, 6.45) is -2.14. The first-order valence-corrected chi connectivity index (χ1v) is 4.53. The molecule has 2 N–H and O–H groups in total. The van der Waals surface area contributed by atoms with Gasteiger partial charge < -0.3 is 10.5 Å². The average molecular weight is 219 g/mol. The van der Waals surface area contributed by atoms with Crippen molar-refractivity contribution in [3.05, 3.63) is 29.6 Å². The van der Waals surface area contributed by atoms with E-state index in [1.807, 2.05) is 0 Å². The lowest BCUT2D eigenvalue weighted by Crippen LogP contribution is -2.10. The van der Waals surface area contributed by atoms with Crippen LogP contribution >= 0.6 is 0 Å². The molecule has 0 unspecified atom stereocenters. The van der Waals surface area contributed by atoms with E-state index in [1.165, 1.54) is 18.2 Å². The number of hydrogen-bond donors (Lipinski definition) is 1. The van der Waals surface area contributed by atoms with Gasteiger partial charge in [-0.25, -0.2) is 13.2 Å².